The molecule has 176 valence electrons. The number of aryl methyl sites for hydroxylation is 1. The third-order valence-electron chi connectivity index (χ3n) is 5.45. The number of ether oxygens (including phenoxy) is 1. The number of halogens is 1. The largest absolute Gasteiger partial charge is 0.497 e. The number of Topliss-reactive ketones (excluding diaryl/α,β-unsaturated/α-hetero) is 1. The Balaban J connectivity index is 2.03. The maximum Gasteiger partial charge on any atom is 0.278 e. The van der Waals surface area contributed by atoms with Crippen LogP contribution in [-0.2, 0) is 4.79 Å². The number of anilines is 2. The number of nitrogens with one attached hydrogen (secondary N) is 1. The first-order chi connectivity index (χ1) is 16.4. The van der Waals surface area contributed by atoms with Crippen molar-refractivity contribution in [1.29, 1.82) is 0 Å². The Morgan fingerprint density at radius 2 is 1.68 bits per heavy atom. The molecular weight excluding hydrogens is 450 g/mol. The molecule has 0 radical (unpaired) electrons. The van der Waals surface area contributed by atoms with E-state index in [0.717, 1.165) is 24.3 Å². The summed E-state index contributed by atoms with van der Waals surface area (Å²) in [7, 11) is 1.55. The number of ketones is 1. The summed E-state index contributed by atoms with van der Waals surface area (Å²) in [4.78, 5) is 33.3. The molecule has 0 atom stereocenters. The van der Waals surface area contributed by atoms with Gasteiger partial charge in [0, 0.05) is 24.3 Å². The van der Waals surface area contributed by atoms with Gasteiger partial charge in [0.25, 0.3) is 5.91 Å². The van der Waals surface area contributed by atoms with Crippen LogP contribution in [0.15, 0.2) is 71.7 Å². The molecule has 0 saturated carbocycles. The molecule has 34 heavy (non-hydrogen) atoms. The van der Waals surface area contributed by atoms with E-state index in [4.69, 9.17) is 16.3 Å². The molecule has 1 amide bonds. The van der Waals surface area contributed by atoms with Gasteiger partial charge in [0.1, 0.15) is 5.75 Å². The minimum atomic E-state index is -0.638. The molecule has 0 heterocycles. The van der Waals surface area contributed by atoms with Crippen LogP contribution in [0.2, 0.25) is 5.02 Å². The van der Waals surface area contributed by atoms with Crippen LogP contribution in [0.4, 0.5) is 17.1 Å². The van der Waals surface area contributed by atoms with Gasteiger partial charge in [0.15, 0.2) is 5.71 Å². The van der Waals surface area contributed by atoms with Crippen molar-refractivity contribution in [2.24, 2.45) is 4.99 Å². The Labute approximate surface area is 205 Å². The number of aliphatic imine (C=N–C) groups is 1. The van der Waals surface area contributed by atoms with Gasteiger partial charge in [-0.05, 0) is 80.9 Å². The minimum absolute atomic E-state index is 0.233. The van der Waals surface area contributed by atoms with Crippen molar-refractivity contribution in [3.63, 3.8) is 0 Å². The van der Waals surface area contributed by atoms with Gasteiger partial charge in [-0.25, -0.2) is 4.99 Å². The van der Waals surface area contributed by atoms with Gasteiger partial charge in [-0.2, -0.15) is 0 Å². The molecule has 3 rings (SSSR count). The Morgan fingerprint density at radius 3 is 2.26 bits per heavy atom. The summed E-state index contributed by atoms with van der Waals surface area (Å²) in [6, 6.07) is 19.2. The summed E-state index contributed by atoms with van der Waals surface area (Å²) < 4.78 is 5.17. The van der Waals surface area contributed by atoms with Crippen molar-refractivity contribution in [2.75, 3.05) is 30.4 Å². The normalized spacial score (nSPS) is 11.1. The highest BCUT2D eigenvalue weighted by Gasteiger charge is 2.23. The predicted molar refractivity (Wildman–Crippen MR) is 139 cm³/mol. The van der Waals surface area contributed by atoms with Gasteiger partial charge in [-0.1, -0.05) is 23.7 Å². The van der Waals surface area contributed by atoms with E-state index in [9.17, 15) is 9.59 Å². The zero-order valence-electron chi connectivity index (χ0n) is 19.8. The van der Waals surface area contributed by atoms with Crippen LogP contribution in [-0.4, -0.2) is 37.6 Å². The number of para-hydroxylation sites is 1. The summed E-state index contributed by atoms with van der Waals surface area (Å²) in [5.41, 5.74) is 2.95. The summed E-state index contributed by atoms with van der Waals surface area (Å²) in [5.74, 6) is -0.529. The summed E-state index contributed by atoms with van der Waals surface area (Å²) in [6.45, 7) is 7.85. The molecule has 0 bridgehead atoms. The SMILES string of the molecule is CCN(CC)c1ccc(N=C(C(=O)Nc2ccccc2Cl)C(=O)c2ccc(OC)cc2)c(C)c1. The fraction of sp³-hybridized carbons (Fsp3) is 0.222. The lowest BCUT2D eigenvalue weighted by molar-refractivity contribution is -0.110. The standard InChI is InChI=1S/C27H28ClN3O3/c1-5-31(6-2)20-13-16-23(18(3)17-20)29-25(26(32)19-11-14-21(34-4)15-12-19)27(33)30-24-10-8-7-9-22(24)28/h7-17H,5-6H2,1-4H3,(H,30,33). The van der Waals surface area contributed by atoms with Gasteiger partial charge in [-0.3, -0.25) is 9.59 Å². The van der Waals surface area contributed by atoms with E-state index in [1.54, 1.807) is 55.6 Å². The van der Waals surface area contributed by atoms with E-state index in [1.165, 1.54) is 0 Å². The number of hydrogen-bond donors (Lipinski definition) is 1. The van der Waals surface area contributed by atoms with Gasteiger partial charge in [-0.15, -0.1) is 0 Å². The van der Waals surface area contributed by atoms with E-state index in [1.807, 2.05) is 25.1 Å². The number of benzene rings is 3. The lowest BCUT2D eigenvalue weighted by Crippen LogP contribution is -2.30. The average Bonchev–Trinajstić information content (AvgIpc) is 2.85. The van der Waals surface area contributed by atoms with E-state index < -0.39 is 11.7 Å². The van der Waals surface area contributed by atoms with Crippen molar-refractivity contribution in [2.45, 2.75) is 20.8 Å². The third kappa shape index (κ3) is 5.83. The van der Waals surface area contributed by atoms with Crippen LogP contribution in [0.1, 0.15) is 29.8 Å². The first-order valence-electron chi connectivity index (χ1n) is 11.1. The van der Waals surface area contributed by atoms with E-state index in [2.05, 4.69) is 29.1 Å². The van der Waals surface area contributed by atoms with Crippen LogP contribution in [0, 0.1) is 6.92 Å². The molecule has 0 aromatic heterocycles. The highest BCUT2D eigenvalue weighted by atomic mass is 35.5. The Morgan fingerprint density at radius 1 is 1.00 bits per heavy atom. The number of nitrogens with zero attached hydrogens (tertiary/aromatic N) is 2. The van der Waals surface area contributed by atoms with Crippen molar-refractivity contribution in [3.05, 3.63) is 82.9 Å². The van der Waals surface area contributed by atoms with Crippen molar-refractivity contribution < 1.29 is 14.3 Å². The van der Waals surface area contributed by atoms with Crippen LogP contribution >= 0.6 is 11.6 Å². The van der Waals surface area contributed by atoms with E-state index >= 15 is 0 Å². The number of amides is 1. The topological polar surface area (TPSA) is 71.0 Å². The second kappa shape index (κ2) is 11.5. The van der Waals surface area contributed by atoms with Crippen LogP contribution in [0.25, 0.3) is 0 Å². The zero-order valence-corrected chi connectivity index (χ0v) is 20.5. The number of rotatable bonds is 9. The average molecular weight is 478 g/mol. The molecule has 3 aromatic carbocycles. The number of hydrogen-bond acceptors (Lipinski definition) is 5. The highest BCUT2D eigenvalue weighted by Crippen LogP contribution is 2.26. The zero-order chi connectivity index (χ0) is 24.7. The third-order valence-corrected chi connectivity index (χ3v) is 5.78. The summed E-state index contributed by atoms with van der Waals surface area (Å²) >= 11 is 6.20. The fourth-order valence-corrected chi connectivity index (χ4v) is 3.68. The van der Waals surface area contributed by atoms with Crippen molar-refractivity contribution in [3.8, 4) is 5.75 Å². The van der Waals surface area contributed by atoms with Gasteiger partial charge < -0.3 is 15.0 Å². The van der Waals surface area contributed by atoms with Crippen LogP contribution in [0.3, 0.4) is 0 Å². The van der Waals surface area contributed by atoms with E-state index in [-0.39, 0.29) is 5.71 Å². The Kier molecular flexibility index (Phi) is 8.44. The smallest absolute Gasteiger partial charge is 0.278 e. The number of methoxy groups -OCH3 is 1. The summed E-state index contributed by atoms with van der Waals surface area (Å²) in [6.07, 6.45) is 0. The molecule has 0 aliphatic rings. The first-order valence-corrected chi connectivity index (χ1v) is 11.4. The Hall–Kier alpha value is -3.64. The predicted octanol–water partition coefficient (Wildman–Crippen LogP) is 6.10. The lowest BCUT2D eigenvalue weighted by Gasteiger charge is -2.21. The number of carbonyl (C=O) groups excluding carboxylic acids is 2. The molecular formula is C27H28ClN3O3. The van der Waals surface area contributed by atoms with Crippen molar-refractivity contribution in [1.82, 2.24) is 0 Å². The van der Waals surface area contributed by atoms with Gasteiger partial charge >= 0.3 is 0 Å². The molecule has 0 unspecified atom stereocenters. The van der Waals surface area contributed by atoms with Crippen LogP contribution in [0.5, 0.6) is 5.75 Å². The molecule has 0 aliphatic heterocycles. The lowest BCUT2D eigenvalue weighted by atomic mass is 10.1. The summed E-state index contributed by atoms with van der Waals surface area (Å²) in [5, 5.41) is 3.08. The molecule has 6 nitrogen and oxygen atoms in total. The number of carbonyl (C=O) groups is 2. The highest BCUT2D eigenvalue weighted by molar-refractivity contribution is 6.70. The van der Waals surface area contributed by atoms with Gasteiger partial charge in [0.2, 0.25) is 5.78 Å². The quantitative estimate of drug-likeness (QED) is 0.230. The van der Waals surface area contributed by atoms with Crippen molar-refractivity contribution >= 4 is 46.1 Å². The van der Waals surface area contributed by atoms with Crippen LogP contribution < -0.4 is 15.0 Å². The molecule has 7 heteroatoms. The first kappa shape index (κ1) is 25.0. The second-order valence-electron chi connectivity index (χ2n) is 7.60. The monoisotopic (exact) mass is 477 g/mol. The molecule has 1 N–H and O–H groups in total. The van der Waals surface area contributed by atoms with Gasteiger partial charge in [0.05, 0.1) is 23.5 Å². The molecule has 0 fully saturated rings. The Bertz CT molecular complexity index is 1200. The minimum Gasteiger partial charge on any atom is -0.497 e. The molecule has 0 saturated heterocycles. The molecule has 3 aromatic rings. The fourth-order valence-electron chi connectivity index (χ4n) is 3.50. The molecule has 0 aliphatic carbocycles. The second-order valence-corrected chi connectivity index (χ2v) is 8.00. The maximum atomic E-state index is 13.4. The van der Waals surface area contributed by atoms with E-state index in [0.29, 0.717) is 27.7 Å². The molecule has 0 spiro atoms. The maximum absolute atomic E-state index is 13.4.